The molecular weight excluding hydrogens is 448 g/mol. The largest absolute Gasteiger partial charge is 0.463 e. The van der Waals surface area contributed by atoms with Crippen molar-refractivity contribution in [1.82, 2.24) is 0 Å². The number of aliphatic hydroxyl groups is 2. The lowest BCUT2D eigenvalue weighted by Crippen LogP contribution is -2.32. The molecule has 10 heteroatoms. The van der Waals surface area contributed by atoms with Crippen molar-refractivity contribution in [3.8, 4) is 0 Å². The van der Waals surface area contributed by atoms with Crippen molar-refractivity contribution in [2.45, 2.75) is 89.6 Å². The zero-order chi connectivity index (χ0) is 25.9. The van der Waals surface area contributed by atoms with Crippen LogP contribution in [-0.2, 0) is 38.1 Å². The monoisotopic (exact) mass is 486 g/mol. The molecule has 0 spiro atoms. The fourth-order valence-corrected chi connectivity index (χ4v) is 2.64. The molecule has 0 heterocycles. The van der Waals surface area contributed by atoms with Gasteiger partial charge < -0.3 is 29.2 Å². The molecule has 0 radical (unpaired) electrons. The van der Waals surface area contributed by atoms with E-state index in [1.165, 1.54) is 13.8 Å². The SMILES string of the molecule is C=CC(=O)OC(C)C(O)COC(=O)CCCCCCCCC(=O)OCC(O)C(C)OC(=O)C=C. The second-order valence-electron chi connectivity index (χ2n) is 7.81. The van der Waals surface area contributed by atoms with Crippen LogP contribution in [0, 0.1) is 0 Å². The van der Waals surface area contributed by atoms with Crippen molar-refractivity contribution >= 4 is 23.9 Å². The van der Waals surface area contributed by atoms with E-state index in [1.54, 1.807) is 0 Å². The third kappa shape index (κ3) is 16.0. The number of hydrogen-bond acceptors (Lipinski definition) is 10. The second kappa shape index (κ2) is 18.7. The van der Waals surface area contributed by atoms with Gasteiger partial charge in [0, 0.05) is 25.0 Å². The predicted octanol–water partition coefficient (Wildman–Crippen LogP) is 2.15. The van der Waals surface area contributed by atoms with E-state index in [1.807, 2.05) is 0 Å². The number of carbonyl (C=O) groups excluding carboxylic acids is 4. The summed E-state index contributed by atoms with van der Waals surface area (Å²) in [5.74, 6) is -2.18. The summed E-state index contributed by atoms with van der Waals surface area (Å²) in [5.41, 5.74) is 0. The molecule has 0 aliphatic heterocycles. The van der Waals surface area contributed by atoms with E-state index in [9.17, 15) is 29.4 Å². The Morgan fingerprint density at radius 2 is 1.00 bits per heavy atom. The molecule has 34 heavy (non-hydrogen) atoms. The molecule has 10 nitrogen and oxygen atoms in total. The minimum Gasteiger partial charge on any atom is -0.463 e. The number of hydrogen-bond donors (Lipinski definition) is 2. The first-order valence-corrected chi connectivity index (χ1v) is 11.4. The molecule has 194 valence electrons. The highest BCUT2D eigenvalue weighted by atomic mass is 16.6. The quantitative estimate of drug-likeness (QED) is 0.120. The van der Waals surface area contributed by atoms with Crippen LogP contribution < -0.4 is 0 Å². The van der Waals surface area contributed by atoms with E-state index >= 15 is 0 Å². The van der Waals surface area contributed by atoms with Crippen LogP contribution in [0.1, 0.15) is 65.2 Å². The summed E-state index contributed by atoms with van der Waals surface area (Å²) in [4.78, 5) is 45.6. The van der Waals surface area contributed by atoms with Crippen molar-refractivity contribution in [3.63, 3.8) is 0 Å². The molecule has 0 aromatic rings. The van der Waals surface area contributed by atoms with Gasteiger partial charge in [0.05, 0.1) is 0 Å². The predicted molar refractivity (Wildman–Crippen MR) is 122 cm³/mol. The first kappa shape index (κ1) is 31.3. The molecule has 0 bridgehead atoms. The molecule has 0 aliphatic rings. The van der Waals surface area contributed by atoms with E-state index in [-0.39, 0.29) is 26.1 Å². The normalized spacial score (nSPS) is 14.1. The number of ether oxygens (including phenoxy) is 4. The molecule has 0 aromatic heterocycles. The van der Waals surface area contributed by atoms with Crippen LogP contribution in [0.3, 0.4) is 0 Å². The number of rotatable bonds is 19. The van der Waals surface area contributed by atoms with Crippen LogP contribution in [0.15, 0.2) is 25.3 Å². The first-order valence-electron chi connectivity index (χ1n) is 11.4. The van der Waals surface area contributed by atoms with E-state index < -0.39 is 48.3 Å². The topological polar surface area (TPSA) is 146 Å². The van der Waals surface area contributed by atoms with E-state index in [0.29, 0.717) is 12.8 Å². The minimum atomic E-state index is -1.11. The van der Waals surface area contributed by atoms with Gasteiger partial charge in [0.2, 0.25) is 0 Å². The summed E-state index contributed by atoms with van der Waals surface area (Å²) in [6.45, 7) is 9.00. The third-order valence-corrected chi connectivity index (χ3v) is 4.86. The van der Waals surface area contributed by atoms with Gasteiger partial charge in [-0.1, -0.05) is 38.8 Å². The first-order chi connectivity index (χ1) is 16.1. The van der Waals surface area contributed by atoms with Crippen LogP contribution in [0.4, 0.5) is 0 Å². The van der Waals surface area contributed by atoms with Crippen molar-refractivity contribution in [1.29, 1.82) is 0 Å². The molecule has 4 unspecified atom stereocenters. The number of unbranched alkanes of at least 4 members (excludes halogenated alkanes) is 5. The van der Waals surface area contributed by atoms with Gasteiger partial charge in [0.15, 0.2) is 0 Å². The average Bonchev–Trinajstić information content (AvgIpc) is 2.81. The lowest BCUT2D eigenvalue weighted by atomic mass is 10.1. The zero-order valence-corrected chi connectivity index (χ0v) is 20.1. The van der Waals surface area contributed by atoms with Crippen molar-refractivity contribution in [2.24, 2.45) is 0 Å². The van der Waals surface area contributed by atoms with Gasteiger partial charge >= 0.3 is 23.9 Å². The fourth-order valence-electron chi connectivity index (χ4n) is 2.64. The molecule has 0 saturated carbocycles. The molecule has 0 fully saturated rings. The zero-order valence-electron chi connectivity index (χ0n) is 20.1. The fraction of sp³-hybridized carbons (Fsp3) is 0.667. The highest BCUT2D eigenvalue weighted by Gasteiger charge is 2.20. The molecule has 4 atom stereocenters. The smallest absolute Gasteiger partial charge is 0.330 e. The Balaban J connectivity index is 3.71. The van der Waals surface area contributed by atoms with Crippen LogP contribution in [0.2, 0.25) is 0 Å². The molecular formula is C24H38O10. The Morgan fingerprint density at radius 1 is 0.676 bits per heavy atom. The van der Waals surface area contributed by atoms with Gasteiger partial charge in [-0.25, -0.2) is 9.59 Å². The number of esters is 4. The summed E-state index contributed by atoms with van der Waals surface area (Å²) in [5, 5.41) is 19.6. The maximum absolute atomic E-state index is 11.7. The van der Waals surface area contributed by atoms with Gasteiger partial charge in [-0.3, -0.25) is 9.59 Å². The average molecular weight is 487 g/mol. The van der Waals surface area contributed by atoms with Crippen molar-refractivity contribution in [2.75, 3.05) is 13.2 Å². The van der Waals surface area contributed by atoms with Crippen LogP contribution in [0.25, 0.3) is 0 Å². The van der Waals surface area contributed by atoms with Crippen LogP contribution >= 0.6 is 0 Å². The third-order valence-electron chi connectivity index (χ3n) is 4.86. The van der Waals surface area contributed by atoms with Crippen LogP contribution in [0.5, 0.6) is 0 Å². The van der Waals surface area contributed by atoms with Gasteiger partial charge in [0.1, 0.15) is 37.6 Å². The van der Waals surface area contributed by atoms with E-state index in [2.05, 4.69) is 13.2 Å². The highest BCUT2D eigenvalue weighted by Crippen LogP contribution is 2.10. The Hall–Kier alpha value is -2.72. The lowest BCUT2D eigenvalue weighted by molar-refractivity contribution is -0.157. The molecule has 2 N–H and O–H groups in total. The van der Waals surface area contributed by atoms with Gasteiger partial charge in [0.25, 0.3) is 0 Å². The summed E-state index contributed by atoms with van der Waals surface area (Å²) >= 11 is 0. The Morgan fingerprint density at radius 3 is 1.32 bits per heavy atom. The lowest BCUT2D eigenvalue weighted by Gasteiger charge is -2.18. The maximum atomic E-state index is 11.7. The molecule has 0 aromatic carbocycles. The van der Waals surface area contributed by atoms with E-state index in [0.717, 1.165) is 37.8 Å². The maximum Gasteiger partial charge on any atom is 0.330 e. The Kier molecular flexibility index (Phi) is 17.2. The summed E-state index contributed by atoms with van der Waals surface area (Å²) in [6, 6.07) is 0. The molecule has 0 saturated heterocycles. The van der Waals surface area contributed by atoms with Crippen molar-refractivity contribution < 1.29 is 48.3 Å². The van der Waals surface area contributed by atoms with Gasteiger partial charge in [-0.05, 0) is 26.7 Å². The van der Waals surface area contributed by atoms with Crippen LogP contribution in [-0.4, -0.2) is 71.7 Å². The highest BCUT2D eigenvalue weighted by molar-refractivity contribution is 5.81. The summed E-state index contributed by atoms with van der Waals surface area (Å²) in [6.07, 6.45) is 3.29. The second-order valence-corrected chi connectivity index (χ2v) is 7.81. The molecule has 0 amide bonds. The van der Waals surface area contributed by atoms with Gasteiger partial charge in [-0.15, -0.1) is 0 Å². The molecule has 0 rings (SSSR count). The van der Waals surface area contributed by atoms with Gasteiger partial charge in [-0.2, -0.15) is 0 Å². The number of carbonyl (C=O) groups is 4. The summed E-state index contributed by atoms with van der Waals surface area (Å²) in [7, 11) is 0. The number of aliphatic hydroxyl groups excluding tert-OH is 2. The van der Waals surface area contributed by atoms with Crippen molar-refractivity contribution in [3.05, 3.63) is 25.3 Å². The standard InChI is InChI=1S/C24H38O10/c1-5-21(27)33-17(3)19(25)15-31-23(29)13-11-9-7-8-10-12-14-24(30)32-16-20(26)18(4)34-22(28)6-2/h5-6,17-20,25-26H,1-2,7-16H2,3-4H3. The Bertz CT molecular complexity index is 604. The minimum absolute atomic E-state index is 0.225. The Labute approximate surface area is 200 Å². The summed E-state index contributed by atoms with van der Waals surface area (Å²) < 4.78 is 19.7. The van der Waals surface area contributed by atoms with E-state index in [4.69, 9.17) is 18.9 Å². The molecule has 0 aliphatic carbocycles.